The molecule has 0 aromatic heterocycles. The van der Waals surface area contributed by atoms with Crippen molar-refractivity contribution in [2.45, 2.75) is 110 Å². The van der Waals surface area contributed by atoms with Crippen molar-refractivity contribution in [1.82, 2.24) is 5.32 Å². The van der Waals surface area contributed by atoms with Gasteiger partial charge in [-0.1, -0.05) is 71.6 Å². The molecule has 1 atom stereocenters. The molecule has 158 valence electrons. The third kappa shape index (κ3) is 16.3. The van der Waals surface area contributed by atoms with Crippen LogP contribution in [0.15, 0.2) is 0 Å². The quantitative estimate of drug-likeness (QED) is 0.266. The summed E-state index contributed by atoms with van der Waals surface area (Å²) in [4.78, 5) is 34.9. The van der Waals surface area contributed by atoms with E-state index in [1.807, 2.05) is 6.92 Å². The molecule has 0 bridgehead atoms. The summed E-state index contributed by atoms with van der Waals surface area (Å²) < 4.78 is 5.13. The first-order valence-electron chi connectivity index (χ1n) is 10.7. The summed E-state index contributed by atoms with van der Waals surface area (Å²) in [6.07, 6.45) is 12.5. The number of amides is 1. The fourth-order valence-corrected chi connectivity index (χ4v) is 2.80. The molecule has 0 aliphatic rings. The predicted octanol–water partition coefficient (Wildman–Crippen LogP) is 4.60. The van der Waals surface area contributed by atoms with Crippen LogP contribution in [0.3, 0.4) is 0 Å². The fourth-order valence-electron chi connectivity index (χ4n) is 2.80. The minimum Gasteiger partial charge on any atom is -0.481 e. The van der Waals surface area contributed by atoms with Gasteiger partial charge in [-0.15, -0.1) is 0 Å². The fraction of sp³-hybridized carbons (Fsp3) is 0.857. The minimum absolute atomic E-state index is 0.0593. The first-order chi connectivity index (χ1) is 13.0. The summed E-state index contributed by atoms with van der Waals surface area (Å²) in [7, 11) is 0. The van der Waals surface area contributed by atoms with Gasteiger partial charge in [-0.25, -0.2) is 4.79 Å². The third-order valence-electron chi connectivity index (χ3n) is 4.52. The van der Waals surface area contributed by atoms with Gasteiger partial charge in [0.2, 0.25) is 5.91 Å². The molecule has 0 fully saturated rings. The highest BCUT2D eigenvalue weighted by molar-refractivity contribution is 5.84. The second kappa shape index (κ2) is 17.8. The maximum absolute atomic E-state index is 12.1. The van der Waals surface area contributed by atoms with Crippen molar-refractivity contribution >= 4 is 17.8 Å². The number of ether oxygens (including phenoxy) is 1. The largest absolute Gasteiger partial charge is 0.481 e. The molecular weight excluding hydrogens is 346 g/mol. The number of rotatable bonds is 18. The van der Waals surface area contributed by atoms with Crippen molar-refractivity contribution in [2.24, 2.45) is 0 Å². The molecule has 0 heterocycles. The Hall–Kier alpha value is -1.59. The molecule has 0 spiro atoms. The number of hydrogen-bond donors (Lipinski definition) is 2. The van der Waals surface area contributed by atoms with E-state index in [9.17, 15) is 14.4 Å². The maximum atomic E-state index is 12.1. The highest BCUT2D eigenvalue weighted by Gasteiger charge is 2.22. The Morgan fingerprint density at radius 3 is 1.93 bits per heavy atom. The van der Waals surface area contributed by atoms with E-state index in [0.717, 1.165) is 32.1 Å². The van der Waals surface area contributed by atoms with E-state index < -0.39 is 18.0 Å². The molecule has 0 radical (unpaired) electrons. The zero-order valence-electron chi connectivity index (χ0n) is 17.3. The Kier molecular flexibility index (Phi) is 16.8. The predicted molar refractivity (Wildman–Crippen MR) is 107 cm³/mol. The third-order valence-corrected chi connectivity index (χ3v) is 4.52. The van der Waals surface area contributed by atoms with Crippen LogP contribution in [0.5, 0.6) is 0 Å². The standard InChI is InChI=1S/C21H39NO5/c1-3-5-7-8-9-10-11-12-13-14-19(23)22-18(15-16-20(24)25)21(26)27-17-6-4-2/h18H,3-17H2,1-2H3,(H,22,23)(H,24,25)/t18-/m0/s1. The average molecular weight is 386 g/mol. The van der Waals surface area contributed by atoms with Crippen LogP contribution in [0, 0.1) is 0 Å². The lowest BCUT2D eigenvalue weighted by Crippen LogP contribution is -2.42. The normalized spacial score (nSPS) is 11.8. The Morgan fingerprint density at radius 2 is 1.37 bits per heavy atom. The van der Waals surface area contributed by atoms with Crippen LogP contribution in [-0.2, 0) is 19.1 Å². The van der Waals surface area contributed by atoms with Gasteiger partial charge >= 0.3 is 11.9 Å². The van der Waals surface area contributed by atoms with E-state index in [1.165, 1.54) is 38.5 Å². The molecule has 0 aliphatic carbocycles. The van der Waals surface area contributed by atoms with Crippen LogP contribution in [-0.4, -0.2) is 35.6 Å². The highest BCUT2D eigenvalue weighted by Crippen LogP contribution is 2.11. The molecule has 0 rings (SSSR count). The van der Waals surface area contributed by atoms with Crippen molar-refractivity contribution in [3.63, 3.8) is 0 Å². The van der Waals surface area contributed by atoms with E-state index in [1.54, 1.807) is 0 Å². The van der Waals surface area contributed by atoms with Gasteiger partial charge in [0.15, 0.2) is 0 Å². The average Bonchev–Trinajstić information content (AvgIpc) is 2.63. The molecule has 0 unspecified atom stereocenters. The monoisotopic (exact) mass is 385 g/mol. The molecular formula is C21H39NO5. The van der Waals surface area contributed by atoms with Crippen molar-refractivity contribution in [1.29, 1.82) is 0 Å². The Morgan fingerprint density at radius 1 is 0.815 bits per heavy atom. The molecule has 0 saturated heterocycles. The van der Waals surface area contributed by atoms with Crippen LogP contribution < -0.4 is 5.32 Å². The summed E-state index contributed by atoms with van der Waals surface area (Å²) >= 11 is 0. The van der Waals surface area contributed by atoms with Crippen LogP contribution in [0.1, 0.15) is 104 Å². The number of carbonyl (C=O) groups is 3. The lowest BCUT2D eigenvalue weighted by Gasteiger charge is -2.17. The summed E-state index contributed by atoms with van der Waals surface area (Å²) in [5.74, 6) is -1.74. The van der Waals surface area contributed by atoms with E-state index >= 15 is 0 Å². The van der Waals surface area contributed by atoms with Crippen molar-refractivity contribution in [3.8, 4) is 0 Å². The Balaban J connectivity index is 4.01. The van der Waals surface area contributed by atoms with Gasteiger partial charge in [0.05, 0.1) is 6.61 Å². The molecule has 1 amide bonds. The van der Waals surface area contributed by atoms with E-state index in [2.05, 4.69) is 12.2 Å². The molecule has 2 N–H and O–H groups in total. The van der Waals surface area contributed by atoms with E-state index in [-0.39, 0.29) is 18.7 Å². The van der Waals surface area contributed by atoms with Gasteiger partial charge in [0.25, 0.3) is 0 Å². The Bertz CT molecular complexity index is 411. The number of nitrogens with one attached hydrogen (secondary N) is 1. The van der Waals surface area contributed by atoms with Gasteiger partial charge in [-0.2, -0.15) is 0 Å². The van der Waals surface area contributed by atoms with Crippen LogP contribution >= 0.6 is 0 Å². The summed E-state index contributed by atoms with van der Waals surface area (Å²) in [5, 5.41) is 11.5. The number of carbonyl (C=O) groups excluding carboxylic acids is 2. The first kappa shape index (κ1) is 25.4. The van der Waals surface area contributed by atoms with E-state index in [0.29, 0.717) is 13.0 Å². The van der Waals surface area contributed by atoms with Crippen LogP contribution in [0.2, 0.25) is 0 Å². The topological polar surface area (TPSA) is 92.7 Å². The molecule has 0 aliphatic heterocycles. The number of carboxylic acid groups (broad SMARTS) is 1. The second-order valence-corrected chi connectivity index (χ2v) is 7.15. The van der Waals surface area contributed by atoms with Crippen LogP contribution in [0.4, 0.5) is 0 Å². The summed E-state index contributed by atoms with van der Waals surface area (Å²) in [6, 6.07) is -0.871. The molecule has 0 saturated carbocycles. The van der Waals surface area contributed by atoms with Gasteiger partial charge in [0.1, 0.15) is 6.04 Å². The van der Waals surface area contributed by atoms with Gasteiger partial charge in [-0.05, 0) is 19.3 Å². The van der Waals surface area contributed by atoms with Crippen molar-refractivity contribution in [3.05, 3.63) is 0 Å². The minimum atomic E-state index is -0.991. The maximum Gasteiger partial charge on any atom is 0.328 e. The zero-order chi connectivity index (χ0) is 20.3. The number of aliphatic carboxylic acids is 1. The summed E-state index contributed by atoms with van der Waals surface area (Å²) in [5.41, 5.74) is 0. The number of unbranched alkanes of at least 4 members (excludes halogenated alkanes) is 9. The van der Waals surface area contributed by atoms with Gasteiger partial charge in [-0.3, -0.25) is 9.59 Å². The molecule has 6 nitrogen and oxygen atoms in total. The molecule has 6 heteroatoms. The van der Waals surface area contributed by atoms with Crippen LogP contribution in [0.25, 0.3) is 0 Å². The molecule has 0 aromatic carbocycles. The SMILES string of the molecule is CCCCCCCCCCCC(=O)N[C@@H](CCC(=O)O)C(=O)OCCCC. The lowest BCUT2D eigenvalue weighted by atomic mass is 10.1. The first-order valence-corrected chi connectivity index (χ1v) is 10.7. The summed E-state index contributed by atoms with van der Waals surface area (Å²) in [6.45, 7) is 4.50. The number of hydrogen-bond acceptors (Lipinski definition) is 4. The Labute approximate surface area is 164 Å². The van der Waals surface area contributed by atoms with Crippen molar-refractivity contribution < 1.29 is 24.2 Å². The second-order valence-electron chi connectivity index (χ2n) is 7.15. The van der Waals surface area contributed by atoms with Gasteiger partial charge < -0.3 is 15.2 Å². The van der Waals surface area contributed by atoms with Gasteiger partial charge in [0, 0.05) is 12.8 Å². The highest BCUT2D eigenvalue weighted by atomic mass is 16.5. The number of carboxylic acids is 1. The van der Waals surface area contributed by atoms with E-state index in [4.69, 9.17) is 9.84 Å². The molecule has 27 heavy (non-hydrogen) atoms. The van der Waals surface area contributed by atoms with Crippen molar-refractivity contribution in [2.75, 3.05) is 6.61 Å². The lowest BCUT2D eigenvalue weighted by molar-refractivity contribution is -0.148. The zero-order valence-corrected chi connectivity index (χ0v) is 17.3. The smallest absolute Gasteiger partial charge is 0.328 e. The molecule has 0 aromatic rings. The number of esters is 1.